The van der Waals surface area contributed by atoms with E-state index in [4.69, 9.17) is 9.47 Å². The molecule has 0 bridgehead atoms. The van der Waals surface area contributed by atoms with Gasteiger partial charge in [0, 0.05) is 18.4 Å². The van der Waals surface area contributed by atoms with Gasteiger partial charge in [-0.05, 0) is 37.3 Å². The van der Waals surface area contributed by atoms with Gasteiger partial charge in [-0.15, -0.1) is 0 Å². The fourth-order valence-corrected chi connectivity index (χ4v) is 2.07. The Bertz CT molecular complexity index is 554. The molecule has 4 heteroatoms. The van der Waals surface area contributed by atoms with E-state index >= 15 is 0 Å². The summed E-state index contributed by atoms with van der Waals surface area (Å²) in [6.45, 7) is 3.12. The molecule has 112 valence electrons. The van der Waals surface area contributed by atoms with Crippen molar-refractivity contribution >= 4 is 5.69 Å². The number of rotatable bonds is 7. The van der Waals surface area contributed by atoms with Crippen molar-refractivity contribution in [3.05, 3.63) is 54.1 Å². The average Bonchev–Trinajstić information content (AvgIpc) is 2.49. The van der Waals surface area contributed by atoms with E-state index in [9.17, 15) is 5.11 Å². The van der Waals surface area contributed by atoms with Crippen molar-refractivity contribution in [2.75, 3.05) is 25.6 Å². The maximum atomic E-state index is 9.85. The zero-order valence-electron chi connectivity index (χ0n) is 12.4. The predicted octanol–water partition coefficient (Wildman–Crippen LogP) is 3.59. The van der Waals surface area contributed by atoms with Crippen LogP contribution < -0.4 is 10.1 Å². The lowest BCUT2D eigenvalue weighted by molar-refractivity contribution is 0.146. The highest BCUT2D eigenvalue weighted by molar-refractivity contribution is 5.49. The number of hydrogen-bond donors (Lipinski definition) is 2. The molecule has 0 spiro atoms. The second kappa shape index (κ2) is 7.55. The third-order valence-electron chi connectivity index (χ3n) is 3.20. The highest BCUT2D eigenvalue weighted by Gasteiger charge is 2.09. The monoisotopic (exact) mass is 287 g/mol. The van der Waals surface area contributed by atoms with Crippen molar-refractivity contribution in [2.45, 2.75) is 13.0 Å². The van der Waals surface area contributed by atoms with Gasteiger partial charge in [0.05, 0.1) is 12.6 Å². The first-order chi connectivity index (χ1) is 10.2. The molecule has 0 radical (unpaired) electrons. The van der Waals surface area contributed by atoms with E-state index in [0.29, 0.717) is 19.0 Å². The quantitative estimate of drug-likeness (QED) is 0.764. The van der Waals surface area contributed by atoms with Gasteiger partial charge in [-0.2, -0.15) is 0 Å². The summed E-state index contributed by atoms with van der Waals surface area (Å²) in [5.74, 6) is 1.12. The van der Waals surface area contributed by atoms with Gasteiger partial charge in [-0.1, -0.05) is 18.2 Å². The molecular weight excluding hydrogens is 266 g/mol. The summed E-state index contributed by atoms with van der Waals surface area (Å²) >= 11 is 0. The van der Waals surface area contributed by atoms with Gasteiger partial charge in [0.15, 0.2) is 0 Å². The minimum Gasteiger partial charge on any atom is -0.508 e. The lowest BCUT2D eigenvalue weighted by Crippen LogP contribution is -2.07. The highest BCUT2D eigenvalue weighted by Crippen LogP contribution is 2.27. The van der Waals surface area contributed by atoms with Crippen molar-refractivity contribution in [3.8, 4) is 11.5 Å². The van der Waals surface area contributed by atoms with Crippen LogP contribution in [0.3, 0.4) is 0 Å². The molecule has 2 rings (SSSR count). The van der Waals surface area contributed by atoms with Gasteiger partial charge >= 0.3 is 0 Å². The number of ether oxygens (including phenoxy) is 2. The molecule has 1 unspecified atom stereocenters. The van der Waals surface area contributed by atoms with Crippen molar-refractivity contribution in [3.63, 3.8) is 0 Å². The Morgan fingerprint density at radius 1 is 1.05 bits per heavy atom. The number of phenols is 1. The smallest absolute Gasteiger partial charge is 0.120 e. The molecule has 0 aliphatic rings. The normalized spacial score (nSPS) is 11.9. The Labute approximate surface area is 125 Å². The van der Waals surface area contributed by atoms with E-state index in [1.165, 1.54) is 0 Å². The maximum absolute atomic E-state index is 9.85. The number of aromatic hydroxyl groups is 1. The first kappa shape index (κ1) is 15.2. The molecular formula is C17H21NO3. The summed E-state index contributed by atoms with van der Waals surface area (Å²) < 4.78 is 10.5. The second-order valence-corrected chi connectivity index (χ2v) is 4.79. The Hall–Kier alpha value is -2.20. The van der Waals surface area contributed by atoms with Crippen LogP contribution in [0.15, 0.2) is 48.5 Å². The first-order valence-electron chi connectivity index (χ1n) is 6.97. The molecule has 0 amide bonds. The number of para-hydroxylation sites is 1. The standard InChI is InChI=1S/C17H21NO3/c1-13(16-5-3-4-6-17(16)19)18-14-7-9-15(10-8-14)21-12-11-20-2/h3-10,13,18-19H,11-12H2,1-2H3. The van der Waals surface area contributed by atoms with Crippen LogP contribution >= 0.6 is 0 Å². The fraction of sp³-hybridized carbons (Fsp3) is 0.294. The lowest BCUT2D eigenvalue weighted by atomic mass is 10.1. The van der Waals surface area contributed by atoms with Crippen LogP contribution in [0.1, 0.15) is 18.5 Å². The van der Waals surface area contributed by atoms with Gasteiger partial charge in [0.25, 0.3) is 0 Å². The highest BCUT2D eigenvalue weighted by atomic mass is 16.5. The van der Waals surface area contributed by atoms with E-state index in [2.05, 4.69) is 5.32 Å². The molecule has 0 fully saturated rings. The zero-order chi connectivity index (χ0) is 15.1. The third kappa shape index (κ3) is 4.39. The maximum Gasteiger partial charge on any atom is 0.120 e. The van der Waals surface area contributed by atoms with Crippen LogP contribution in [0.4, 0.5) is 5.69 Å². The van der Waals surface area contributed by atoms with Crippen molar-refractivity contribution in [2.24, 2.45) is 0 Å². The zero-order valence-corrected chi connectivity index (χ0v) is 12.4. The third-order valence-corrected chi connectivity index (χ3v) is 3.20. The van der Waals surface area contributed by atoms with Crippen LogP contribution in [0, 0.1) is 0 Å². The summed E-state index contributed by atoms with van der Waals surface area (Å²) in [4.78, 5) is 0. The van der Waals surface area contributed by atoms with Gasteiger partial charge in [0.1, 0.15) is 18.1 Å². The van der Waals surface area contributed by atoms with Gasteiger partial charge in [0.2, 0.25) is 0 Å². The van der Waals surface area contributed by atoms with E-state index in [-0.39, 0.29) is 6.04 Å². The van der Waals surface area contributed by atoms with E-state index in [1.807, 2.05) is 49.4 Å². The molecule has 1 atom stereocenters. The number of anilines is 1. The number of phenolic OH excluding ortho intramolecular Hbond substituents is 1. The predicted molar refractivity (Wildman–Crippen MR) is 84.0 cm³/mol. The second-order valence-electron chi connectivity index (χ2n) is 4.79. The summed E-state index contributed by atoms with van der Waals surface area (Å²) in [6, 6.07) is 15.1. The topological polar surface area (TPSA) is 50.7 Å². The Morgan fingerprint density at radius 2 is 1.76 bits per heavy atom. The summed E-state index contributed by atoms with van der Waals surface area (Å²) in [5.41, 5.74) is 1.85. The largest absolute Gasteiger partial charge is 0.508 e. The molecule has 0 aromatic heterocycles. The number of benzene rings is 2. The van der Waals surface area contributed by atoms with Crippen LogP contribution in [0.25, 0.3) is 0 Å². The Kier molecular flexibility index (Phi) is 5.46. The number of methoxy groups -OCH3 is 1. The Morgan fingerprint density at radius 3 is 2.43 bits per heavy atom. The van der Waals surface area contributed by atoms with Crippen molar-refractivity contribution in [1.82, 2.24) is 0 Å². The minimum atomic E-state index is 0.0199. The molecule has 0 saturated heterocycles. The van der Waals surface area contributed by atoms with E-state index in [0.717, 1.165) is 17.0 Å². The van der Waals surface area contributed by atoms with Crippen LogP contribution in [0.5, 0.6) is 11.5 Å². The minimum absolute atomic E-state index is 0.0199. The fourth-order valence-electron chi connectivity index (χ4n) is 2.07. The van der Waals surface area contributed by atoms with E-state index in [1.54, 1.807) is 13.2 Å². The molecule has 0 aliphatic carbocycles. The number of nitrogens with one attached hydrogen (secondary N) is 1. The number of hydrogen-bond acceptors (Lipinski definition) is 4. The molecule has 4 nitrogen and oxygen atoms in total. The molecule has 0 heterocycles. The summed E-state index contributed by atoms with van der Waals surface area (Å²) in [7, 11) is 1.65. The average molecular weight is 287 g/mol. The Balaban J connectivity index is 1.95. The van der Waals surface area contributed by atoms with Crippen LogP contribution in [0.2, 0.25) is 0 Å². The molecule has 0 aliphatic heterocycles. The van der Waals surface area contributed by atoms with Crippen LogP contribution in [-0.2, 0) is 4.74 Å². The SMILES string of the molecule is COCCOc1ccc(NC(C)c2ccccc2O)cc1. The van der Waals surface area contributed by atoms with Crippen LogP contribution in [-0.4, -0.2) is 25.4 Å². The van der Waals surface area contributed by atoms with E-state index < -0.39 is 0 Å². The summed E-state index contributed by atoms with van der Waals surface area (Å²) in [6.07, 6.45) is 0. The van der Waals surface area contributed by atoms with Gasteiger partial charge in [-0.3, -0.25) is 0 Å². The van der Waals surface area contributed by atoms with Crippen molar-refractivity contribution in [1.29, 1.82) is 0 Å². The molecule has 2 aromatic carbocycles. The van der Waals surface area contributed by atoms with Gasteiger partial charge in [-0.25, -0.2) is 0 Å². The summed E-state index contributed by atoms with van der Waals surface area (Å²) in [5, 5.41) is 13.2. The molecule has 21 heavy (non-hydrogen) atoms. The lowest BCUT2D eigenvalue weighted by Gasteiger charge is -2.17. The van der Waals surface area contributed by atoms with Gasteiger partial charge < -0.3 is 19.9 Å². The molecule has 0 saturated carbocycles. The first-order valence-corrected chi connectivity index (χ1v) is 6.97. The molecule has 2 aromatic rings. The van der Waals surface area contributed by atoms with Crippen molar-refractivity contribution < 1.29 is 14.6 Å². The molecule has 2 N–H and O–H groups in total.